The highest BCUT2D eigenvalue weighted by atomic mass is 16.7. The Morgan fingerprint density at radius 2 is 1.25 bits per heavy atom. The third kappa shape index (κ3) is 1.96. The molecule has 0 spiro atoms. The van der Waals surface area contributed by atoms with Crippen LogP contribution in [0.5, 0.6) is 0 Å². The van der Waals surface area contributed by atoms with Crippen LogP contribution in [0.2, 0.25) is 0 Å². The summed E-state index contributed by atoms with van der Waals surface area (Å²) in [5, 5.41) is 0. The van der Waals surface area contributed by atoms with Crippen molar-refractivity contribution in [1.82, 2.24) is 0 Å². The first-order valence-electron chi connectivity index (χ1n) is 7.26. The van der Waals surface area contributed by atoms with Crippen molar-refractivity contribution in [2.75, 3.05) is 13.2 Å². The van der Waals surface area contributed by atoms with Crippen molar-refractivity contribution in [2.24, 2.45) is 0 Å². The van der Waals surface area contributed by atoms with Crippen molar-refractivity contribution in [1.29, 1.82) is 0 Å². The smallest absolute Gasteiger partial charge is 0.222 e. The minimum atomic E-state index is -0.755. The summed E-state index contributed by atoms with van der Waals surface area (Å²) in [6.45, 7) is 5.26. The monoisotopic (exact) mass is 268 g/mol. The second kappa shape index (κ2) is 5.39. The molecule has 0 unspecified atom stereocenters. The lowest BCUT2D eigenvalue weighted by molar-refractivity contribution is -0.214. The molecule has 0 N–H and O–H groups in total. The van der Waals surface area contributed by atoms with E-state index in [0.717, 1.165) is 17.5 Å². The molecule has 0 aromatic heterocycles. The molecule has 0 heterocycles. The zero-order chi connectivity index (χ0) is 14.0. The Labute approximate surface area is 120 Å². The van der Waals surface area contributed by atoms with E-state index < -0.39 is 5.79 Å². The van der Waals surface area contributed by atoms with Crippen molar-refractivity contribution in [3.05, 3.63) is 70.8 Å². The molecular formula is C18H20O2. The van der Waals surface area contributed by atoms with Crippen molar-refractivity contribution >= 4 is 0 Å². The van der Waals surface area contributed by atoms with Gasteiger partial charge in [0.15, 0.2) is 0 Å². The third-order valence-corrected chi connectivity index (χ3v) is 3.82. The van der Waals surface area contributed by atoms with Crippen LogP contribution in [0.4, 0.5) is 0 Å². The van der Waals surface area contributed by atoms with E-state index in [1.54, 1.807) is 0 Å². The molecule has 0 aliphatic heterocycles. The first-order valence-corrected chi connectivity index (χ1v) is 7.26. The summed E-state index contributed by atoms with van der Waals surface area (Å²) in [6.07, 6.45) is 0.939. The summed E-state index contributed by atoms with van der Waals surface area (Å²) < 4.78 is 12.3. The van der Waals surface area contributed by atoms with Gasteiger partial charge in [-0.25, -0.2) is 0 Å². The molecule has 2 heteroatoms. The van der Waals surface area contributed by atoms with E-state index in [1.807, 2.05) is 13.8 Å². The molecule has 0 fully saturated rings. The Hall–Kier alpha value is -1.64. The maximum absolute atomic E-state index is 6.14. The van der Waals surface area contributed by atoms with E-state index in [9.17, 15) is 0 Å². The second-order valence-corrected chi connectivity index (χ2v) is 4.97. The Kier molecular flexibility index (Phi) is 3.60. The van der Waals surface area contributed by atoms with Gasteiger partial charge in [0.25, 0.3) is 0 Å². The normalized spacial score (nSPS) is 15.5. The van der Waals surface area contributed by atoms with Gasteiger partial charge in [0.1, 0.15) is 0 Å². The molecule has 0 saturated heterocycles. The van der Waals surface area contributed by atoms with Gasteiger partial charge in [-0.3, -0.25) is 0 Å². The summed E-state index contributed by atoms with van der Waals surface area (Å²) in [5.74, 6) is -0.755. The van der Waals surface area contributed by atoms with Crippen LogP contribution in [0.1, 0.15) is 36.1 Å². The standard InChI is InChI=1S/C18H20O2/c1-3-19-18(20-4-2)16-11-7-5-9-14(16)13-15-10-6-8-12-17(15)18/h5-12H,3-4,13H2,1-2H3. The number of hydrogen-bond acceptors (Lipinski definition) is 2. The Morgan fingerprint density at radius 1 is 0.800 bits per heavy atom. The molecule has 2 aromatic rings. The fourth-order valence-corrected chi connectivity index (χ4v) is 3.10. The summed E-state index contributed by atoms with van der Waals surface area (Å²) in [7, 11) is 0. The molecule has 0 saturated carbocycles. The van der Waals surface area contributed by atoms with Crippen LogP contribution in [0, 0.1) is 0 Å². The molecule has 0 bridgehead atoms. The highest BCUT2D eigenvalue weighted by molar-refractivity contribution is 5.50. The minimum Gasteiger partial charge on any atom is -0.342 e. The van der Waals surface area contributed by atoms with Gasteiger partial charge in [0.2, 0.25) is 5.79 Å². The number of ether oxygens (including phenoxy) is 2. The molecule has 104 valence electrons. The van der Waals surface area contributed by atoms with Crippen LogP contribution in [-0.4, -0.2) is 13.2 Å². The van der Waals surface area contributed by atoms with Gasteiger partial charge < -0.3 is 9.47 Å². The fourth-order valence-electron chi connectivity index (χ4n) is 3.10. The van der Waals surface area contributed by atoms with Crippen LogP contribution in [0.3, 0.4) is 0 Å². The van der Waals surface area contributed by atoms with Gasteiger partial charge in [-0.05, 0) is 31.4 Å². The predicted molar refractivity (Wildman–Crippen MR) is 79.7 cm³/mol. The molecular weight excluding hydrogens is 248 g/mol. The van der Waals surface area contributed by atoms with Crippen LogP contribution < -0.4 is 0 Å². The molecule has 0 amide bonds. The van der Waals surface area contributed by atoms with E-state index in [4.69, 9.17) is 9.47 Å². The Bertz CT molecular complexity index is 550. The second-order valence-electron chi connectivity index (χ2n) is 4.97. The van der Waals surface area contributed by atoms with Crippen molar-refractivity contribution in [2.45, 2.75) is 26.1 Å². The lowest BCUT2D eigenvalue weighted by Gasteiger charge is -2.39. The number of rotatable bonds is 4. The first-order chi connectivity index (χ1) is 9.81. The third-order valence-electron chi connectivity index (χ3n) is 3.82. The highest BCUT2D eigenvalue weighted by Crippen LogP contribution is 2.43. The first kappa shape index (κ1) is 13.3. The highest BCUT2D eigenvalue weighted by Gasteiger charge is 2.42. The van der Waals surface area contributed by atoms with E-state index >= 15 is 0 Å². The van der Waals surface area contributed by atoms with Gasteiger partial charge in [-0.1, -0.05) is 48.5 Å². The number of benzene rings is 2. The molecule has 0 atom stereocenters. The maximum atomic E-state index is 6.14. The quantitative estimate of drug-likeness (QED) is 0.784. The van der Waals surface area contributed by atoms with Crippen LogP contribution in [0.15, 0.2) is 48.5 Å². The van der Waals surface area contributed by atoms with E-state index in [1.165, 1.54) is 11.1 Å². The maximum Gasteiger partial charge on any atom is 0.222 e. The van der Waals surface area contributed by atoms with Gasteiger partial charge in [0, 0.05) is 24.3 Å². The predicted octanol–water partition coefficient (Wildman–Crippen LogP) is 3.86. The summed E-state index contributed by atoms with van der Waals surface area (Å²) in [6, 6.07) is 16.8. The molecule has 1 aliphatic rings. The van der Waals surface area contributed by atoms with E-state index in [2.05, 4.69) is 48.5 Å². The van der Waals surface area contributed by atoms with Crippen molar-refractivity contribution < 1.29 is 9.47 Å². The lowest BCUT2D eigenvalue weighted by atomic mass is 9.81. The van der Waals surface area contributed by atoms with Crippen LogP contribution in [0.25, 0.3) is 0 Å². The molecule has 3 rings (SSSR count). The Morgan fingerprint density at radius 3 is 1.70 bits per heavy atom. The zero-order valence-corrected chi connectivity index (χ0v) is 12.1. The van der Waals surface area contributed by atoms with Crippen LogP contribution in [-0.2, 0) is 21.7 Å². The molecule has 20 heavy (non-hydrogen) atoms. The summed E-state index contributed by atoms with van der Waals surface area (Å²) >= 11 is 0. The summed E-state index contributed by atoms with van der Waals surface area (Å²) in [5.41, 5.74) is 4.85. The van der Waals surface area contributed by atoms with Gasteiger partial charge >= 0.3 is 0 Å². The zero-order valence-electron chi connectivity index (χ0n) is 12.1. The molecule has 2 aromatic carbocycles. The average molecular weight is 268 g/mol. The molecule has 2 nitrogen and oxygen atoms in total. The van der Waals surface area contributed by atoms with Crippen LogP contribution >= 0.6 is 0 Å². The van der Waals surface area contributed by atoms with Crippen molar-refractivity contribution in [3.63, 3.8) is 0 Å². The topological polar surface area (TPSA) is 18.5 Å². The summed E-state index contributed by atoms with van der Waals surface area (Å²) in [4.78, 5) is 0. The SMILES string of the molecule is CCOC1(OCC)c2ccccc2Cc2ccccc21. The fraction of sp³-hybridized carbons (Fsp3) is 0.333. The van der Waals surface area contributed by atoms with Crippen molar-refractivity contribution in [3.8, 4) is 0 Å². The molecule has 0 radical (unpaired) electrons. The molecule has 1 aliphatic carbocycles. The Balaban J connectivity index is 2.25. The lowest BCUT2D eigenvalue weighted by Crippen LogP contribution is -2.39. The largest absolute Gasteiger partial charge is 0.342 e. The number of fused-ring (bicyclic) bond motifs is 2. The average Bonchev–Trinajstić information content (AvgIpc) is 2.48. The van der Waals surface area contributed by atoms with E-state index in [-0.39, 0.29) is 0 Å². The van der Waals surface area contributed by atoms with Gasteiger partial charge in [-0.15, -0.1) is 0 Å². The van der Waals surface area contributed by atoms with Gasteiger partial charge in [-0.2, -0.15) is 0 Å². The minimum absolute atomic E-state index is 0.614. The van der Waals surface area contributed by atoms with E-state index in [0.29, 0.717) is 13.2 Å². The van der Waals surface area contributed by atoms with Gasteiger partial charge in [0.05, 0.1) is 0 Å². The number of hydrogen-bond donors (Lipinski definition) is 0.